The minimum Gasteiger partial charge on any atom is -0.300 e. The Labute approximate surface area is 109 Å². The summed E-state index contributed by atoms with van der Waals surface area (Å²) >= 11 is 1.71. The van der Waals surface area contributed by atoms with Crippen LogP contribution >= 0.6 is 11.3 Å². The fourth-order valence-corrected chi connectivity index (χ4v) is 1.34. The van der Waals surface area contributed by atoms with Crippen LogP contribution in [0, 0.1) is 26.2 Å². The van der Waals surface area contributed by atoms with Crippen LogP contribution in [0.1, 0.15) is 16.0 Å². The van der Waals surface area contributed by atoms with Crippen molar-refractivity contribution < 1.29 is 58.2 Å². The summed E-state index contributed by atoms with van der Waals surface area (Å²) in [7, 11) is 0. The van der Waals surface area contributed by atoms with Crippen LogP contribution in [0.25, 0.3) is 0 Å². The first-order valence-electron chi connectivity index (χ1n) is 2.66. The molecule has 1 aromatic rings. The molecule has 0 amide bonds. The fourth-order valence-electron chi connectivity index (χ4n) is 0.570. The molecule has 2 heteroatoms. The molecule has 0 unspecified atom stereocenters. The van der Waals surface area contributed by atoms with Gasteiger partial charge in [0.05, 0.1) is 0 Å². The molecule has 0 N–H and O–H groups in total. The minimum atomic E-state index is 0. The third kappa shape index (κ3) is 2.54. The van der Waals surface area contributed by atoms with E-state index in [1.165, 1.54) is 16.0 Å². The zero-order chi connectivity index (χ0) is 6.15. The quantitative estimate of drug-likeness (QED) is 0.506. The number of hydrogen-bond acceptors (Lipinski definition) is 1. The number of aryl methyl sites for hydroxylation is 2. The van der Waals surface area contributed by atoms with Crippen LogP contribution in [-0.4, -0.2) is 0 Å². The van der Waals surface area contributed by atoms with E-state index in [-0.39, 0.29) is 58.2 Å². The molecule has 0 aromatic carbocycles. The smallest absolute Gasteiger partial charge is 0.300 e. The van der Waals surface area contributed by atoms with E-state index in [9.17, 15) is 0 Å². The van der Waals surface area contributed by atoms with Crippen molar-refractivity contribution in [1.82, 2.24) is 0 Å². The van der Waals surface area contributed by atoms with E-state index in [1.807, 2.05) is 0 Å². The molecule has 0 atom stereocenters. The Kier molecular flexibility index (Phi) is 5.13. The molecule has 1 rings (SSSR count). The largest absolute Gasteiger partial charge is 1.00 e. The van der Waals surface area contributed by atoms with Crippen molar-refractivity contribution in [2.24, 2.45) is 0 Å². The van der Waals surface area contributed by atoms with Crippen LogP contribution in [-0.2, 0) is 0 Å². The monoisotopic (exact) mass is 210 g/mol. The summed E-state index contributed by atoms with van der Waals surface area (Å²) in [5.41, 5.74) is 2.70. The van der Waals surface area contributed by atoms with Crippen molar-refractivity contribution in [3.63, 3.8) is 0 Å². The summed E-state index contributed by atoms with van der Waals surface area (Å²) in [6.07, 6.45) is 0. The predicted molar refractivity (Wildman–Crippen MR) is 37.4 cm³/mol. The van der Waals surface area contributed by atoms with E-state index in [4.69, 9.17) is 0 Å². The maximum absolute atomic E-state index is 3.18. The first-order valence-corrected chi connectivity index (χ1v) is 3.47. The number of rotatable bonds is 0. The zero-order valence-electron chi connectivity index (χ0n) is 6.41. The molecule has 0 saturated heterocycles. The van der Waals surface area contributed by atoms with Crippen molar-refractivity contribution in [2.75, 3.05) is 0 Å². The maximum Gasteiger partial charge on any atom is 1.00 e. The first-order chi connectivity index (χ1) is 3.72. The van der Waals surface area contributed by atoms with Crippen LogP contribution in [0.2, 0.25) is 0 Å². The van der Waals surface area contributed by atoms with Crippen molar-refractivity contribution in [1.29, 1.82) is 0 Å². The Bertz CT molecular complexity index is 171. The second-order valence-corrected chi connectivity index (χ2v) is 3.03. The summed E-state index contributed by atoms with van der Waals surface area (Å²) in [5.74, 6) is 0. The van der Waals surface area contributed by atoms with Crippen LogP contribution in [0.4, 0.5) is 0 Å². The molecule has 0 spiro atoms. The van der Waals surface area contributed by atoms with Gasteiger partial charge in [-0.1, -0.05) is 20.8 Å². The fraction of sp³-hybridized carbons (Fsp3) is 0.429. The third-order valence-corrected chi connectivity index (χ3v) is 2.47. The van der Waals surface area contributed by atoms with E-state index in [2.05, 4.69) is 26.2 Å². The molecule has 0 fully saturated rings. The molecule has 0 radical (unpaired) electrons. The Morgan fingerprint density at radius 3 is 1.89 bits per heavy atom. The van der Waals surface area contributed by atoms with Crippen LogP contribution in [0.3, 0.4) is 0 Å². The van der Waals surface area contributed by atoms with E-state index < -0.39 is 0 Å². The van der Waals surface area contributed by atoms with Gasteiger partial charge >= 0.3 is 58.2 Å². The summed E-state index contributed by atoms with van der Waals surface area (Å²) in [5, 5.41) is 3.18. The predicted octanol–water partition coefficient (Wildman–Crippen LogP) is -0.522. The summed E-state index contributed by atoms with van der Waals surface area (Å²) in [4.78, 5) is 1.39. The standard InChI is InChI=1S/C7H9S.Rb/c1-5-4-8-7(3)6(5)2;/h1-3H3;/q-1;+1. The van der Waals surface area contributed by atoms with Crippen molar-refractivity contribution in [3.05, 3.63) is 21.4 Å². The van der Waals surface area contributed by atoms with E-state index >= 15 is 0 Å². The van der Waals surface area contributed by atoms with Crippen LogP contribution < -0.4 is 58.2 Å². The molecule has 0 nitrogen and oxygen atoms in total. The Hall–Kier alpha value is 1.51. The third-order valence-electron chi connectivity index (χ3n) is 1.45. The number of hydrogen-bond donors (Lipinski definition) is 0. The zero-order valence-corrected chi connectivity index (χ0v) is 12.1. The van der Waals surface area contributed by atoms with Crippen LogP contribution in [0.5, 0.6) is 0 Å². The SMILES string of the molecule is Cc1[c-]sc(C)c1C.[Rb+]. The second kappa shape index (κ2) is 4.40. The van der Waals surface area contributed by atoms with Crippen LogP contribution in [0.15, 0.2) is 0 Å². The molecule has 0 bridgehead atoms. The van der Waals surface area contributed by atoms with Crippen molar-refractivity contribution in [2.45, 2.75) is 20.8 Å². The Morgan fingerprint density at radius 1 is 1.22 bits per heavy atom. The normalized spacial score (nSPS) is 8.78. The van der Waals surface area contributed by atoms with Gasteiger partial charge in [0, 0.05) is 0 Å². The molecule has 1 aromatic heterocycles. The maximum atomic E-state index is 3.18. The first kappa shape index (κ1) is 10.5. The van der Waals surface area contributed by atoms with E-state index in [0.717, 1.165) is 0 Å². The van der Waals surface area contributed by atoms with E-state index in [0.29, 0.717) is 0 Å². The van der Waals surface area contributed by atoms with Gasteiger partial charge in [-0.2, -0.15) is 11.1 Å². The summed E-state index contributed by atoms with van der Waals surface area (Å²) < 4.78 is 0. The van der Waals surface area contributed by atoms with Gasteiger partial charge in [-0.15, -0.1) is 10.3 Å². The topological polar surface area (TPSA) is 0 Å². The number of thiophene rings is 1. The second-order valence-electron chi connectivity index (χ2n) is 2.01. The summed E-state index contributed by atoms with van der Waals surface area (Å²) in [6, 6.07) is 0. The van der Waals surface area contributed by atoms with Gasteiger partial charge in [-0.25, -0.2) is 0 Å². The molecule has 0 aliphatic heterocycles. The molecule has 0 saturated carbocycles. The van der Waals surface area contributed by atoms with Crippen molar-refractivity contribution in [3.8, 4) is 0 Å². The average Bonchev–Trinajstić information content (AvgIpc) is 1.98. The molecule has 0 aliphatic rings. The molecule has 1 heterocycles. The molecule has 44 valence electrons. The summed E-state index contributed by atoms with van der Waals surface area (Å²) in [6.45, 7) is 6.36. The van der Waals surface area contributed by atoms with Gasteiger partial charge in [-0.3, -0.25) is 0 Å². The van der Waals surface area contributed by atoms with Gasteiger partial charge in [0.15, 0.2) is 0 Å². The minimum absolute atomic E-state index is 0. The molecule has 0 aliphatic carbocycles. The average molecular weight is 211 g/mol. The molecular weight excluding hydrogens is 202 g/mol. The van der Waals surface area contributed by atoms with Gasteiger partial charge < -0.3 is 11.3 Å². The van der Waals surface area contributed by atoms with Gasteiger partial charge in [0.1, 0.15) is 0 Å². The Balaban J connectivity index is 0.000000640. The molecule has 9 heavy (non-hydrogen) atoms. The Morgan fingerprint density at radius 2 is 1.78 bits per heavy atom. The van der Waals surface area contributed by atoms with Gasteiger partial charge in [-0.05, 0) is 0 Å². The van der Waals surface area contributed by atoms with Crippen molar-refractivity contribution >= 4 is 11.3 Å². The van der Waals surface area contributed by atoms with Gasteiger partial charge in [0.2, 0.25) is 0 Å². The van der Waals surface area contributed by atoms with E-state index in [1.54, 1.807) is 11.3 Å². The molecular formula is C7H9RbS. The van der Waals surface area contributed by atoms with Gasteiger partial charge in [0.25, 0.3) is 0 Å².